The van der Waals surface area contributed by atoms with Gasteiger partial charge in [-0.25, -0.2) is 0 Å². The van der Waals surface area contributed by atoms with Gasteiger partial charge in [0.05, 0.1) is 0 Å². The van der Waals surface area contributed by atoms with Crippen molar-refractivity contribution in [3.8, 4) is 11.3 Å². The molecule has 0 saturated heterocycles. The molecular weight excluding hydrogens is 861 g/mol. The summed E-state index contributed by atoms with van der Waals surface area (Å²) in [5, 5.41) is 8.08. The second-order valence-electron chi connectivity index (χ2n) is 3.99. The van der Waals surface area contributed by atoms with Crippen molar-refractivity contribution >= 4 is 17.1 Å². The summed E-state index contributed by atoms with van der Waals surface area (Å²) in [5.41, 5.74) is 3.47. The van der Waals surface area contributed by atoms with E-state index in [0.717, 1.165) is 29.7 Å². The minimum atomic E-state index is -0.232. The number of carbonyl (C=O) groups excluding carboxylic acids is 1. The molecule has 0 unspecified atom stereocenters. The smallest absolute Gasteiger partial charge is 0.0375 e. The van der Waals surface area contributed by atoms with Gasteiger partial charge in [0, 0.05) is 111 Å². The molecule has 0 N–H and O–H groups in total. The Kier molecular flexibility index (Phi) is 11.6. The van der Waals surface area contributed by atoms with Crippen LogP contribution >= 0.6 is 11.3 Å². The quantitative estimate of drug-likeness (QED) is 0.327. The molecule has 0 fully saturated rings. The summed E-state index contributed by atoms with van der Waals surface area (Å²) in [6, 6.07) is 2.13. The molecule has 0 atom stereocenters. The number of Topliss-reactive ketones (excluding diaryl/α,β-unsaturated/α-hetero) is 1. The maximum atomic E-state index is 11.3. The van der Waals surface area contributed by atoms with Crippen LogP contribution in [0.5, 0.6) is 0 Å². The molecule has 0 saturated carbocycles. The van der Waals surface area contributed by atoms with Crippen molar-refractivity contribution in [2.75, 3.05) is 0 Å². The van der Waals surface area contributed by atoms with Crippen molar-refractivity contribution < 1.29 is 101 Å². The standard InChI is InChI=1S/C12H11N2OS.3W.Y/c1-6-5-9-10(16-6)4-3-8-11(7(2)15)13-14-12(8)9;;;;/h5H,2-4H2,1H3,(H,13,14,15);;;;/q-1;;;;/p-1. The minimum absolute atomic E-state index is 0. The van der Waals surface area contributed by atoms with Crippen molar-refractivity contribution in [1.82, 2.24) is 10.2 Å². The number of aromatic nitrogens is 2. The third-order valence-electron chi connectivity index (χ3n) is 2.88. The Hall–Kier alpha value is 1.62. The van der Waals surface area contributed by atoms with Gasteiger partial charge in [-0.15, -0.1) is 22.6 Å². The zero-order chi connectivity index (χ0) is 11.3. The molecule has 20 heavy (non-hydrogen) atoms. The van der Waals surface area contributed by atoms with E-state index in [1.54, 1.807) is 11.3 Å². The van der Waals surface area contributed by atoms with Gasteiger partial charge in [0.15, 0.2) is 0 Å². The predicted octanol–water partition coefficient (Wildman–Crippen LogP) is 2.18. The van der Waals surface area contributed by atoms with E-state index in [1.807, 2.05) is 0 Å². The normalized spacial score (nSPS) is 10.7. The number of thiophene rings is 1. The Morgan fingerprint density at radius 1 is 1.35 bits per heavy atom. The molecule has 0 aliphatic heterocycles. The van der Waals surface area contributed by atoms with Gasteiger partial charge in [-0.2, -0.15) is 6.92 Å². The number of hydrogen-bond donors (Lipinski definition) is 0. The first-order valence-corrected chi connectivity index (χ1v) is 5.96. The Balaban J connectivity index is 0. The summed E-state index contributed by atoms with van der Waals surface area (Å²) >= 11 is 1.80. The Bertz CT molecular complexity index is 598. The van der Waals surface area contributed by atoms with E-state index < -0.39 is 0 Å². The van der Waals surface area contributed by atoms with Crippen LogP contribution in [-0.2, 0) is 109 Å². The average Bonchev–Trinajstić information content (AvgIpc) is 2.77. The van der Waals surface area contributed by atoms with Gasteiger partial charge in [-0.05, 0) is 31.4 Å². The molecule has 8 heteroatoms. The monoisotopic (exact) mass is 871 g/mol. The molecule has 2 heterocycles. The van der Waals surface area contributed by atoms with E-state index in [2.05, 4.69) is 30.1 Å². The summed E-state index contributed by atoms with van der Waals surface area (Å²) < 4.78 is 0. The van der Waals surface area contributed by atoms with E-state index in [-0.39, 0.29) is 102 Å². The molecule has 0 amide bonds. The number of rotatable bonds is 1. The van der Waals surface area contributed by atoms with Gasteiger partial charge in [0.2, 0.25) is 0 Å². The van der Waals surface area contributed by atoms with Crippen LogP contribution in [0.15, 0.2) is 6.07 Å². The summed E-state index contributed by atoms with van der Waals surface area (Å²) in [4.78, 5) is 13.9. The second-order valence-corrected chi connectivity index (χ2v) is 5.33. The van der Waals surface area contributed by atoms with E-state index in [4.69, 9.17) is 0 Å². The first kappa shape index (κ1) is 23.9. The Labute approximate surface area is 190 Å². The third kappa shape index (κ3) is 4.33. The zero-order valence-electron chi connectivity index (χ0n) is 10.7. The molecule has 1 aliphatic rings. The van der Waals surface area contributed by atoms with Crippen LogP contribution in [0.3, 0.4) is 0 Å². The number of fused-ring (bicyclic) bond motifs is 3. The molecule has 2 aromatic heterocycles. The van der Waals surface area contributed by atoms with Gasteiger partial charge in [0.25, 0.3) is 0 Å². The number of nitrogens with zero attached hydrogens (tertiary/aromatic N) is 2. The largest absolute Gasteiger partial charge is 0.595 e. The fourth-order valence-corrected chi connectivity index (χ4v) is 3.23. The molecule has 3 nitrogen and oxygen atoms in total. The Morgan fingerprint density at radius 2 is 2.00 bits per heavy atom. The average molecular weight is 871 g/mol. The van der Waals surface area contributed by atoms with Crippen LogP contribution in [-0.4, -0.2) is 10.9 Å². The number of hydrogen-bond acceptors (Lipinski definition) is 3. The first-order chi connectivity index (χ1) is 7.66. The first-order valence-electron chi connectivity index (χ1n) is 5.15. The SMILES string of the molecule is [CH2-]C(=O)c1n[n-]c2c1CCc1sc(C)cc1-2.[W].[W].[W].[Y]. The van der Waals surface area contributed by atoms with E-state index in [0.29, 0.717) is 5.69 Å². The molecule has 0 bridgehead atoms. The van der Waals surface area contributed by atoms with Crippen LogP contribution in [0.25, 0.3) is 11.3 Å². The summed E-state index contributed by atoms with van der Waals surface area (Å²) in [7, 11) is 0. The van der Waals surface area contributed by atoms with Crippen LogP contribution in [0.1, 0.15) is 25.8 Å². The van der Waals surface area contributed by atoms with E-state index >= 15 is 0 Å². The van der Waals surface area contributed by atoms with Crippen molar-refractivity contribution in [2.45, 2.75) is 19.8 Å². The van der Waals surface area contributed by atoms with Gasteiger partial charge in [0.1, 0.15) is 0 Å². The van der Waals surface area contributed by atoms with Gasteiger partial charge in [-0.3, -0.25) is 0 Å². The minimum Gasteiger partial charge on any atom is -0.595 e. The number of aryl methyl sites for hydroxylation is 2. The second kappa shape index (κ2) is 9.69. The fraction of sp³-hybridized carbons (Fsp3) is 0.250. The fourth-order valence-electron chi connectivity index (χ4n) is 2.20. The molecular formula is C12H10N2OSW3Y-2. The van der Waals surface area contributed by atoms with Gasteiger partial charge < -0.3 is 15.0 Å². The number of carbonyl (C=O) groups is 1. The predicted molar refractivity (Wildman–Crippen MR) is 62.7 cm³/mol. The van der Waals surface area contributed by atoms with Crippen LogP contribution in [0.4, 0.5) is 0 Å². The van der Waals surface area contributed by atoms with Crippen molar-refractivity contribution in [2.24, 2.45) is 0 Å². The van der Waals surface area contributed by atoms with E-state index in [9.17, 15) is 4.79 Å². The molecule has 2 aromatic rings. The van der Waals surface area contributed by atoms with Crippen molar-refractivity contribution in [3.05, 3.63) is 34.0 Å². The van der Waals surface area contributed by atoms with Crippen molar-refractivity contribution in [3.63, 3.8) is 0 Å². The van der Waals surface area contributed by atoms with Gasteiger partial charge >= 0.3 is 0 Å². The summed E-state index contributed by atoms with van der Waals surface area (Å²) in [5.74, 6) is -0.232. The molecule has 103 valence electrons. The maximum absolute atomic E-state index is 11.3. The van der Waals surface area contributed by atoms with Crippen LogP contribution in [0.2, 0.25) is 0 Å². The summed E-state index contributed by atoms with van der Waals surface area (Å²) in [6.07, 6.45) is 1.83. The number of ketones is 1. The zero-order valence-corrected chi connectivity index (χ0v) is 23.2. The van der Waals surface area contributed by atoms with E-state index in [1.165, 1.54) is 9.75 Å². The molecule has 0 spiro atoms. The third-order valence-corrected chi connectivity index (χ3v) is 3.99. The van der Waals surface area contributed by atoms with Gasteiger partial charge in [-0.1, -0.05) is 5.69 Å². The van der Waals surface area contributed by atoms with Crippen LogP contribution in [0, 0.1) is 13.8 Å². The maximum Gasteiger partial charge on any atom is 0.0375 e. The van der Waals surface area contributed by atoms with Crippen molar-refractivity contribution in [1.29, 1.82) is 0 Å². The summed E-state index contributed by atoms with van der Waals surface area (Å²) in [6.45, 7) is 5.50. The van der Waals surface area contributed by atoms with Crippen LogP contribution < -0.4 is 5.10 Å². The molecule has 1 radical (unpaired) electrons. The molecule has 0 aromatic carbocycles. The molecule has 1 aliphatic carbocycles. The Morgan fingerprint density at radius 3 is 2.60 bits per heavy atom. The topological polar surface area (TPSA) is 44.1 Å². The molecule has 3 rings (SSSR count).